The lowest BCUT2D eigenvalue weighted by Gasteiger charge is -2.31. The van der Waals surface area contributed by atoms with Crippen LogP contribution in [0, 0.1) is 0 Å². The van der Waals surface area contributed by atoms with Gasteiger partial charge >= 0.3 is 0 Å². The van der Waals surface area contributed by atoms with E-state index < -0.39 is 0 Å². The summed E-state index contributed by atoms with van der Waals surface area (Å²) < 4.78 is 5.78. The van der Waals surface area contributed by atoms with Gasteiger partial charge in [-0.1, -0.05) is 0 Å². The van der Waals surface area contributed by atoms with Gasteiger partial charge < -0.3 is 4.74 Å². The Balaban J connectivity index is 1.69. The van der Waals surface area contributed by atoms with Gasteiger partial charge in [-0.05, 0) is 38.0 Å². The Morgan fingerprint density at radius 2 is 1.85 bits per heavy atom. The van der Waals surface area contributed by atoms with E-state index in [0.29, 0.717) is 12.2 Å². The SMILES string of the molecule is SCCCCN1CC2CCC(C1)O2. The maximum Gasteiger partial charge on any atom is 0.0707 e. The Hall–Kier alpha value is 0.270. The van der Waals surface area contributed by atoms with Crippen molar-refractivity contribution in [1.29, 1.82) is 0 Å². The van der Waals surface area contributed by atoms with Crippen molar-refractivity contribution in [1.82, 2.24) is 4.90 Å². The minimum absolute atomic E-state index is 0.551. The minimum Gasteiger partial charge on any atom is -0.372 e. The lowest BCUT2D eigenvalue weighted by Crippen LogP contribution is -2.42. The molecule has 76 valence electrons. The lowest BCUT2D eigenvalue weighted by atomic mass is 10.2. The molecule has 0 saturated carbocycles. The number of fused-ring (bicyclic) bond motifs is 2. The van der Waals surface area contributed by atoms with Crippen LogP contribution in [0.25, 0.3) is 0 Å². The van der Waals surface area contributed by atoms with E-state index >= 15 is 0 Å². The molecule has 13 heavy (non-hydrogen) atoms. The zero-order valence-electron chi connectivity index (χ0n) is 8.11. The molecule has 2 saturated heterocycles. The summed E-state index contributed by atoms with van der Waals surface area (Å²) in [6.45, 7) is 3.59. The summed E-state index contributed by atoms with van der Waals surface area (Å²) >= 11 is 4.22. The fourth-order valence-corrected chi connectivity index (χ4v) is 2.55. The third-order valence-corrected chi connectivity index (χ3v) is 3.32. The molecule has 2 aliphatic heterocycles. The van der Waals surface area contributed by atoms with Crippen LogP contribution in [-0.2, 0) is 4.74 Å². The number of likely N-dealkylation sites (tertiary alicyclic amines) is 1. The van der Waals surface area contributed by atoms with E-state index in [4.69, 9.17) is 4.74 Å². The average Bonchev–Trinajstić information content (AvgIpc) is 2.46. The van der Waals surface area contributed by atoms with Crippen LogP contribution >= 0.6 is 12.6 Å². The van der Waals surface area contributed by atoms with Crippen molar-refractivity contribution in [3.63, 3.8) is 0 Å². The van der Waals surface area contributed by atoms with E-state index in [1.165, 1.54) is 45.3 Å². The molecule has 2 heterocycles. The number of rotatable bonds is 4. The predicted octanol–water partition coefficient (Wildman–Crippen LogP) is 1.56. The number of hydrogen-bond acceptors (Lipinski definition) is 3. The van der Waals surface area contributed by atoms with Gasteiger partial charge in [-0.15, -0.1) is 0 Å². The zero-order chi connectivity index (χ0) is 9.10. The second kappa shape index (κ2) is 4.67. The Bertz CT molecular complexity index is 153. The van der Waals surface area contributed by atoms with E-state index in [0.717, 1.165) is 5.75 Å². The molecule has 2 nitrogen and oxygen atoms in total. The molecule has 0 aliphatic carbocycles. The predicted molar refractivity (Wildman–Crippen MR) is 57.4 cm³/mol. The molecule has 2 aliphatic rings. The third-order valence-electron chi connectivity index (χ3n) is 3.00. The average molecular weight is 201 g/mol. The fourth-order valence-electron chi connectivity index (χ4n) is 2.33. The molecule has 0 aromatic heterocycles. The number of thiol groups is 1. The topological polar surface area (TPSA) is 12.5 Å². The third kappa shape index (κ3) is 2.61. The van der Waals surface area contributed by atoms with Crippen molar-refractivity contribution in [2.45, 2.75) is 37.9 Å². The summed E-state index contributed by atoms with van der Waals surface area (Å²) in [6.07, 6.45) is 6.21. The van der Waals surface area contributed by atoms with Crippen LogP contribution in [0.4, 0.5) is 0 Å². The Morgan fingerprint density at radius 1 is 1.15 bits per heavy atom. The molecule has 2 unspecified atom stereocenters. The van der Waals surface area contributed by atoms with Gasteiger partial charge in [-0.2, -0.15) is 12.6 Å². The maximum atomic E-state index is 5.78. The molecule has 2 rings (SSSR count). The Morgan fingerprint density at radius 3 is 2.46 bits per heavy atom. The number of ether oxygens (including phenoxy) is 1. The van der Waals surface area contributed by atoms with Crippen molar-refractivity contribution in [3.8, 4) is 0 Å². The molecular weight excluding hydrogens is 182 g/mol. The lowest BCUT2D eigenvalue weighted by molar-refractivity contribution is -0.0384. The number of hydrogen-bond donors (Lipinski definition) is 1. The molecule has 2 bridgehead atoms. The highest BCUT2D eigenvalue weighted by Gasteiger charge is 2.32. The maximum absolute atomic E-state index is 5.78. The summed E-state index contributed by atoms with van der Waals surface area (Å²) in [5, 5.41) is 0. The van der Waals surface area contributed by atoms with Crippen LogP contribution in [0.2, 0.25) is 0 Å². The summed E-state index contributed by atoms with van der Waals surface area (Å²) in [5.41, 5.74) is 0. The normalized spacial score (nSPS) is 33.9. The molecule has 0 amide bonds. The standard InChI is InChI=1S/C10H19NOS/c13-6-2-1-5-11-7-9-3-4-10(8-11)12-9/h9-10,13H,1-8H2. The molecule has 2 fully saturated rings. The molecular formula is C10H19NOS. The van der Waals surface area contributed by atoms with Crippen molar-refractivity contribution < 1.29 is 4.74 Å². The molecule has 0 spiro atoms. The van der Waals surface area contributed by atoms with Crippen LogP contribution in [0.1, 0.15) is 25.7 Å². The fraction of sp³-hybridized carbons (Fsp3) is 1.00. The summed E-state index contributed by atoms with van der Waals surface area (Å²) in [7, 11) is 0. The van der Waals surface area contributed by atoms with Crippen LogP contribution in [-0.4, -0.2) is 42.5 Å². The van der Waals surface area contributed by atoms with Gasteiger partial charge in [0.2, 0.25) is 0 Å². The first kappa shape index (κ1) is 9.81. The van der Waals surface area contributed by atoms with Crippen LogP contribution in [0.3, 0.4) is 0 Å². The van der Waals surface area contributed by atoms with E-state index in [-0.39, 0.29) is 0 Å². The Kier molecular flexibility index (Phi) is 3.52. The van der Waals surface area contributed by atoms with Crippen molar-refractivity contribution in [2.75, 3.05) is 25.4 Å². The first-order valence-electron chi connectivity index (χ1n) is 5.37. The van der Waals surface area contributed by atoms with Gasteiger partial charge in [0.1, 0.15) is 0 Å². The van der Waals surface area contributed by atoms with Gasteiger partial charge in [0.05, 0.1) is 12.2 Å². The summed E-state index contributed by atoms with van der Waals surface area (Å²) in [4.78, 5) is 2.56. The molecule has 3 heteroatoms. The van der Waals surface area contributed by atoms with Crippen LogP contribution in [0.5, 0.6) is 0 Å². The van der Waals surface area contributed by atoms with E-state index in [2.05, 4.69) is 17.5 Å². The first-order chi connectivity index (χ1) is 6.38. The molecule has 2 atom stereocenters. The van der Waals surface area contributed by atoms with Gasteiger partial charge in [-0.25, -0.2) is 0 Å². The van der Waals surface area contributed by atoms with Gasteiger partial charge in [0.25, 0.3) is 0 Å². The van der Waals surface area contributed by atoms with E-state index in [9.17, 15) is 0 Å². The minimum atomic E-state index is 0.551. The van der Waals surface area contributed by atoms with Gasteiger partial charge in [0.15, 0.2) is 0 Å². The van der Waals surface area contributed by atoms with Crippen molar-refractivity contribution in [3.05, 3.63) is 0 Å². The monoisotopic (exact) mass is 201 g/mol. The second-order valence-electron chi connectivity index (χ2n) is 4.15. The highest BCUT2D eigenvalue weighted by molar-refractivity contribution is 7.80. The Labute approximate surface area is 86.0 Å². The molecule has 0 N–H and O–H groups in total. The largest absolute Gasteiger partial charge is 0.372 e. The quantitative estimate of drug-likeness (QED) is 0.547. The van der Waals surface area contributed by atoms with Crippen LogP contribution in [0.15, 0.2) is 0 Å². The van der Waals surface area contributed by atoms with Crippen LogP contribution < -0.4 is 0 Å². The number of unbranched alkanes of at least 4 members (excludes halogenated alkanes) is 1. The van der Waals surface area contributed by atoms with Crippen molar-refractivity contribution in [2.24, 2.45) is 0 Å². The molecule has 0 aromatic rings. The number of nitrogens with zero attached hydrogens (tertiary/aromatic N) is 1. The second-order valence-corrected chi connectivity index (χ2v) is 4.59. The number of morpholine rings is 1. The van der Waals surface area contributed by atoms with E-state index in [1.54, 1.807) is 0 Å². The molecule has 0 aromatic carbocycles. The summed E-state index contributed by atoms with van der Waals surface area (Å²) in [5.74, 6) is 1.02. The highest BCUT2D eigenvalue weighted by Crippen LogP contribution is 2.26. The highest BCUT2D eigenvalue weighted by atomic mass is 32.1. The van der Waals surface area contributed by atoms with E-state index in [1.807, 2.05) is 0 Å². The molecule has 0 radical (unpaired) electrons. The summed E-state index contributed by atoms with van der Waals surface area (Å²) in [6, 6.07) is 0. The van der Waals surface area contributed by atoms with Gasteiger partial charge in [-0.3, -0.25) is 4.90 Å². The van der Waals surface area contributed by atoms with Crippen molar-refractivity contribution >= 4 is 12.6 Å². The first-order valence-corrected chi connectivity index (χ1v) is 6.00. The smallest absolute Gasteiger partial charge is 0.0707 e. The zero-order valence-corrected chi connectivity index (χ0v) is 9.01. The van der Waals surface area contributed by atoms with Gasteiger partial charge in [0, 0.05) is 13.1 Å².